The molecular weight excluding hydrogens is 230 g/mol. The van der Waals surface area contributed by atoms with Crippen LogP contribution in [0.25, 0.3) is 22.0 Å². The van der Waals surface area contributed by atoms with Gasteiger partial charge in [-0.2, -0.15) is 0 Å². The van der Waals surface area contributed by atoms with Crippen LogP contribution < -0.4 is 0 Å². The first kappa shape index (κ1) is 10.6. The molecule has 1 aliphatic carbocycles. The fourth-order valence-corrected chi connectivity index (χ4v) is 2.96. The van der Waals surface area contributed by atoms with Crippen molar-refractivity contribution in [3.05, 3.63) is 78.9 Å². The number of hydrogen-bond acceptors (Lipinski definition) is 0. The van der Waals surface area contributed by atoms with Crippen molar-refractivity contribution >= 4 is 10.9 Å². The van der Waals surface area contributed by atoms with Crippen molar-refractivity contribution in [1.29, 1.82) is 0 Å². The highest BCUT2D eigenvalue weighted by atomic mass is 15.0. The Morgan fingerprint density at radius 3 is 2.74 bits per heavy atom. The quantitative estimate of drug-likeness (QED) is 0.463. The topological polar surface area (TPSA) is 4.93 Å². The normalized spacial score (nSPS) is 12.4. The fraction of sp³-hybridized carbons (Fsp3) is 0.0556. The number of aromatic nitrogens is 1. The largest absolute Gasteiger partial charge is 0.339 e. The molecule has 90 valence electrons. The number of allylic oxidation sites excluding steroid dienone is 1. The average molecular weight is 243 g/mol. The molecule has 3 aromatic rings. The molecule has 1 aromatic heterocycles. The highest BCUT2D eigenvalue weighted by Crippen LogP contribution is 2.44. The van der Waals surface area contributed by atoms with Gasteiger partial charge in [-0.05, 0) is 17.2 Å². The van der Waals surface area contributed by atoms with Gasteiger partial charge in [-0.1, -0.05) is 48.5 Å². The Hall–Kier alpha value is -2.28. The lowest BCUT2D eigenvalue weighted by molar-refractivity contribution is 0.842. The van der Waals surface area contributed by atoms with Gasteiger partial charge in [0.15, 0.2) is 0 Å². The van der Waals surface area contributed by atoms with Gasteiger partial charge in [0.2, 0.25) is 0 Å². The van der Waals surface area contributed by atoms with Crippen molar-refractivity contribution in [3.63, 3.8) is 0 Å². The van der Waals surface area contributed by atoms with Gasteiger partial charge >= 0.3 is 0 Å². The maximum atomic E-state index is 3.87. The minimum absolute atomic E-state index is 0.816. The molecule has 1 aliphatic rings. The van der Waals surface area contributed by atoms with Crippen LogP contribution in [0.15, 0.2) is 61.2 Å². The monoisotopic (exact) mass is 243 g/mol. The van der Waals surface area contributed by atoms with Crippen LogP contribution in [0.3, 0.4) is 0 Å². The first-order chi connectivity index (χ1) is 9.40. The summed E-state index contributed by atoms with van der Waals surface area (Å²) in [6, 6.07) is 17.0. The second kappa shape index (κ2) is 3.86. The van der Waals surface area contributed by atoms with Crippen molar-refractivity contribution in [1.82, 2.24) is 4.57 Å². The second-order valence-corrected chi connectivity index (χ2v) is 4.81. The van der Waals surface area contributed by atoms with E-state index in [1.54, 1.807) is 0 Å². The number of fused-ring (bicyclic) bond motifs is 5. The lowest BCUT2D eigenvalue weighted by Gasteiger charge is -2.05. The molecule has 19 heavy (non-hydrogen) atoms. The van der Waals surface area contributed by atoms with Gasteiger partial charge < -0.3 is 4.57 Å². The van der Waals surface area contributed by atoms with Gasteiger partial charge in [-0.25, -0.2) is 0 Å². The van der Waals surface area contributed by atoms with E-state index in [-0.39, 0.29) is 0 Å². The summed E-state index contributed by atoms with van der Waals surface area (Å²) in [6.07, 6.45) is 5.48. The Bertz CT molecular complexity index is 793. The molecule has 1 heteroatoms. The van der Waals surface area contributed by atoms with Crippen molar-refractivity contribution in [2.45, 2.75) is 6.54 Å². The molecule has 0 spiro atoms. The number of nitrogens with zero attached hydrogens (tertiary/aromatic N) is 1. The van der Waals surface area contributed by atoms with Crippen LogP contribution in [0.2, 0.25) is 0 Å². The molecule has 0 fully saturated rings. The maximum Gasteiger partial charge on any atom is 0.0697 e. The summed E-state index contributed by atoms with van der Waals surface area (Å²) >= 11 is 0. The maximum absolute atomic E-state index is 3.87. The number of benzene rings is 2. The van der Waals surface area contributed by atoms with E-state index in [4.69, 9.17) is 0 Å². The van der Waals surface area contributed by atoms with E-state index in [0.717, 1.165) is 6.54 Å². The third-order valence-electron chi connectivity index (χ3n) is 3.73. The van der Waals surface area contributed by atoms with E-state index in [9.17, 15) is 0 Å². The molecular formula is C18H13N. The van der Waals surface area contributed by atoms with Gasteiger partial charge in [0.25, 0.3) is 0 Å². The molecule has 0 amide bonds. The Balaban J connectivity index is 2.12. The van der Waals surface area contributed by atoms with E-state index in [0.29, 0.717) is 0 Å². The van der Waals surface area contributed by atoms with Crippen LogP contribution >= 0.6 is 0 Å². The highest BCUT2D eigenvalue weighted by molar-refractivity contribution is 6.02. The molecule has 0 N–H and O–H groups in total. The minimum atomic E-state index is 0.816. The number of para-hydroxylation sites is 1. The van der Waals surface area contributed by atoms with E-state index in [2.05, 4.69) is 66.1 Å². The predicted octanol–water partition coefficient (Wildman–Crippen LogP) is 4.29. The van der Waals surface area contributed by atoms with Crippen molar-refractivity contribution in [3.8, 4) is 11.1 Å². The van der Waals surface area contributed by atoms with Crippen LogP contribution in [0.5, 0.6) is 0 Å². The van der Waals surface area contributed by atoms with Crippen LogP contribution in [0.4, 0.5) is 0 Å². The van der Waals surface area contributed by atoms with Gasteiger partial charge in [0.05, 0.1) is 6.42 Å². The zero-order chi connectivity index (χ0) is 12.8. The van der Waals surface area contributed by atoms with E-state index in [1.807, 2.05) is 6.08 Å². The minimum Gasteiger partial charge on any atom is -0.339 e. The van der Waals surface area contributed by atoms with Gasteiger partial charge in [0.1, 0.15) is 0 Å². The van der Waals surface area contributed by atoms with Crippen molar-refractivity contribution in [2.24, 2.45) is 0 Å². The van der Waals surface area contributed by atoms with Crippen LogP contribution in [-0.4, -0.2) is 4.57 Å². The molecule has 0 saturated heterocycles. The van der Waals surface area contributed by atoms with E-state index in [1.165, 1.54) is 33.3 Å². The standard InChI is InChI=1S/C18H13N/c1-2-11-19-16-10-6-5-9-15(16)18-14-8-4-3-7-13(14)12-17(18)19/h2-10H,1,11H2. The predicted molar refractivity (Wildman–Crippen MR) is 79.0 cm³/mol. The Morgan fingerprint density at radius 1 is 1.05 bits per heavy atom. The Labute approximate surface area is 112 Å². The van der Waals surface area contributed by atoms with E-state index >= 15 is 0 Å². The summed E-state index contributed by atoms with van der Waals surface area (Å²) in [4.78, 5) is 0. The number of rotatable bonds is 2. The molecule has 0 aliphatic heterocycles. The molecule has 1 nitrogen and oxygen atoms in total. The molecule has 0 bridgehead atoms. The second-order valence-electron chi connectivity index (χ2n) is 4.81. The highest BCUT2D eigenvalue weighted by Gasteiger charge is 2.26. The Kier molecular flexibility index (Phi) is 2.16. The molecule has 0 unspecified atom stereocenters. The zero-order valence-corrected chi connectivity index (χ0v) is 10.6. The van der Waals surface area contributed by atoms with E-state index < -0.39 is 0 Å². The fourth-order valence-electron chi connectivity index (χ4n) is 2.96. The third kappa shape index (κ3) is 1.36. The van der Waals surface area contributed by atoms with Crippen LogP contribution in [-0.2, 0) is 6.54 Å². The molecule has 4 rings (SSSR count). The first-order valence-corrected chi connectivity index (χ1v) is 6.48. The summed E-state index contributed by atoms with van der Waals surface area (Å²) < 4.78 is 2.29. The van der Waals surface area contributed by atoms with Gasteiger partial charge in [-0.15, -0.1) is 6.58 Å². The molecule has 0 atom stereocenters. The molecule has 2 radical (unpaired) electrons. The van der Waals surface area contributed by atoms with Crippen molar-refractivity contribution in [2.75, 3.05) is 0 Å². The summed E-state index contributed by atoms with van der Waals surface area (Å²) in [5.74, 6) is 0. The summed E-state index contributed by atoms with van der Waals surface area (Å²) in [5, 5.41) is 1.30. The smallest absolute Gasteiger partial charge is 0.0697 e. The summed E-state index contributed by atoms with van der Waals surface area (Å²) in [5.41, 5.74) is 6.23. The van der Waals surface area contributed by atoms with Gasteiger partial charge in [0, 0.05) is 28.7 Å². The molecule has 1 heterocycles. The summed E-state index contributed by atoms with van der Waals surface area (Å²) in [6.45, 7) is 4.68. The molecule has 0 saturated carbocycles. The van der Waals surface area contributed by atoms with Crippen LogP contribution in [0.1, 0.15) is 11.3 Å². The third-order valence-corrected chi connectivity index (χ3v) is 3.73. The van der Waals surface area contributed by atoms with Gasteiger partial charge in [-0.3, -0.25) is 0 Å². The van der Waals surface area contributed by atoms with Crippen LogP contribution in [0, 0.1) is 6.42 Å². The first-order valence-electron chi connectivity index (χ1n) is 6.48. The Morgan fingerprint density at radius 2 is 1.84 bits per heavy atom. The SMILES string of the molecule is C=CCn1c2c(c3ccccc31)-c1ccccc1[C]2. The lowest BCUT2D eigenvalue weighted by Crippen LogP contribution is -1.98. The summed E-state index contributed by atoms with van der Waals surface area (Å²) in [7, 11) is 0. The zero-order valence-electron chi connectivity index (χ0n) is 10.6. The average Bonchev–Trinajstić information content (AvgIpc) is 2.96. The number of hydrogen-bond donors (Lipinski definition) is 0. The van der Waals surface area contributed by atoms with Crippen molar-refractivity contribution < 1.29 is 0 Å². The lowest BCUT2D eigenvalue weighted by atomic mass is 10.0. The molecule has 2 aromatic carbocycles.